The van der Waals surface area contributed by atoms with Crippen molar-refractivity contribution >= 4 is 17.3 Å². The molecule has 0 spiro atoms. The second-order valence-electron chi connectivity index (χ2n) is 8.80. The van der Waals surface area contributed by atoms with Crippen LogP contribution in [0.25, 0.3) is 0 Å². The number of piperazine rings is 1. The van der Waals surface area contributed by atoms with E-state index in [1.54, 1.807) is 7.11 Å². The summed E-state index contributed by atoms with van der Waals surface area (Å²) in [5, 5.41) is 13.6. The normalized spacial score (nSPS) is 16.4. The van der Waals surface area contributed by atoms with Crippen LogP contribution in [0.5, 0.6) is 5.75 Å². The van der Waals surface area contributed by atoms with Crippen molar-refractivity contribution in [2.75, 3.05) is 38.2 Å². The van der Waals surface area contributed by atoms with E-state index in [1.165, 1.54) is 0 Å². The molecule has 1 atom stereocenters. The number of halogens is 1. The number of ether oxygens (including phenoxy) is 1. The fourth-order valence-corrected chi connectivity index (χ4v) is 4.25. The van der Waals surface area contributed by atoms with Crippen LogP contribution in [-0.2, 0) is 5.54 Å². The first kappa shape index (κ1) is 21.6. The minimum Gasteiger partial charge on any atom is -0.497 e. The molecule has 31 heavy (non-hydrogen) atoms. The first-order chi connectivity index (χ1) is 14.9. The van der Waals surface area contributed by atoms with E-state index in [4.69, 9.17) is 16.3 Å². The summed E-state index contributed by atoms with van der Waals surface area (Å²) in [6, 6.07) is 16.2. The molecule has 1 saturated heterocycles. The molecule has 1 aliphatic rings. The van der Waals surface area contributed by atoms with Crippen LogP contribution < -0.4 is 9.64 Å². The summed E-state index contributed by atoms with van der Waals surface area (Å²) < 4.78 is 7.29. The monoisotopic (exact) mass is 440 g/mol. The first-order valence-electron chi connectivity index (χ1n) is 10.5. The third kappa shape index (κ3) is 4.67. The van der Waals surface area contributed by atoms with Gasteiger partial charge in [-0.3, -0.25) is 4.90 Å². The Bertz CT molecular complexity index is 1010. The summed E-state index contributed by atoms with van der Waals surface area (Å²) in [7, 11) is 1.68. The smallest absolute Gasteiger partial charge is 0.173 e. The lowest BCUT2D eigenvalue weighted by atomic mass is 10.0. The number of tetrazole rings is 1. The highest BCUT2D eigenvalue weighted by atomic mass is 35.5. The highest BCUT2D eigenvalue weighted by molar-refractivity contribution is 6.30. The largest absolute Gasteiger partial charge is 0.497 e. The van der Waals surface area contributed by atoms with Gasteiger partial charge in [-0.25, -0.2) is 4.68 Å². The molecule has 0 amide bonds. The van der Waals surface area contributed by atoms with E-state index in [0.717, 1.165) is 54.0 Å². The quantitative estimate of drug-likeness (QED) is 0.597. The Labute approximate surface area is 188 Å². The van der Waals surface area contributed by atoms with E-state index in [1.807, 2.05) is 35.0 Å². The number of hydrogen-bond donors (Lipinski definition) is 0. The van der Waals surface area contributed by atoms with Gasteiger partial charge in [0.25, 0.3) is 0 Å². The molecule has 164 valence electrons. The zero-order chi connectivity index (χ0) is 22.0. The molecule has 4 rings (SSSR count). The number of rotatable bonds is 5. The fourth-order valence-electron chi connectivity index (χ4n) is 4.06. The van der Waals surface area contributed by atoms with Crippen molar-refractivity contribution in [2.45, 2.75) is 32.4 Å². The average molecular weight is 441 g/mol. The number of anilines is 1. The van der Waals surface area contributed by atoms with Gasteiger partial charge < -0.3 is 9.64 Å². The summed E-state index contributed by atoms with van der Waals surface area (Å²) in [6.07, 6.45) is 0. The number of methoxy groups -OCH3 is 1. The Kier molecular flexibility index (Phi) is 6.16. The molecule has 0 aliphatic carbocycles. The molecule has 0 N–H and O–H groups in total. The van der Waals surface area contributed by atoms with Crippen LogP contribution in [0, 0.1) is 0 Å². The Hall–Kier alpha value is -2.64. The number of aromatic nitrogens is 4. The van der Waals surface area contributed by atoms with E-state index in [9.17, 15) is 0 Å². The highest BCUT2D eigenvalue weighted by Gasteiger charge is 2.33. The topological polar surface area (TPSA) is 59.3 Å². The lowest BCUT2D eigenvalue weighted by molar-refractivity contribution is 0.191. The van der Waals surface area contributed by atoms with E-state index >= 15 is 0 Å². The summed E-state index contributed by atoms with van der Waals surface area (Å²) >= 11 is 6.20. The molecule has 0 bridgehead atoms. The van der Waals surface area contributed by atoms with Gasteiger partial charge in [-0.1, -0.05) is 29.8 Å². The van der Waals surface area contributed by atoms with E-state index in [2.05, 4.69) is 64.3 Å². The minimum absolute atomic E-state index is 0.0401. The van der Waals surface area contributed by atoms with Gasteiger partial charge in [0.2, 0.25) is 0 Å². The SMILES string of the molecule is COc1ccc([C@@H](c2nnnn2C(C)(C)C)N2CCN(c3cccc(Cl)c3)CC2)cc1. The maximum Gasteiger partial charge on any atom is 0.173 e. The molecular weight excluding hydrogens is 412 g/mol. The second kappa shape index (κ2) is 8.85. The van der Waals surface area contributed by atoms with Crippen LogP contribution in [0.15, 0.2) is 48.5 Å². The predicted molar refractivity (Wildman–Crippen MR) is 123 cm³/mol. The Morgan fingerprint density at radius 3 is 2.32 bits per heavy atom. The zero-order valence-electron chi connectivity index (χ0n) is 18.5. The van der Waals surface area contributed by atoms with Crippen molar-refractivity contribution in [1.29, 1.82) is 0 Å². The van der Waals surface area contributed by atoms with Crippen LogP contribution in [0.2, 0.25) is 5.02 Å². The van der Waals surface area contributed by atoms with Crippen molar-refractivity contribution in [3.63, 3.8) is 0 Å². The van der Waals surface area contributed by atoms with Crippen LogP contribution >= 0.6 is 11.6 Å². The van der Waals surface area contributed by atoms with E-state index < -0.39 is 0 Å². The molecule has 3 aromatic rings. The third-order valence-corrected chi connectivity index (χ3v) is 5.89. The van der Waals surface area contributed by atoms with Crippen molar-refractivity contribution in [3.8, 4) is 5.75 Å². The molecule has 1 aromatic heterocycles. The molecule has 8 heteroatoms. The minimum atomic E-state index is -0.216. The molecule has 1 aliphatic heterocycles. The van der Waals surface area contributed by atoms with Gasteiger partial charge in [-0.05, 0) is 67.1 Å². The molecule has 7 nitrogen and oxygen atoms in total. The van der Waals surface area contributed by atoms with E-state index in [-0.39, 0.29) is 11.6 Å². The molecule has 2 aromatic carbocycles. The van der Waals surface area contributed by atoms with Crippen molar-refractivity contribution in [3.05, 3.63) is 64.9 Å². The van der Waals surface area contributed by atoms with Gasteiger partial charge >= 0.3 is 0 Å². The highest BCUT2D eigenvalue weighted by Crippen LogP contribution is 2.32. The summed E-state index contributed by atoms with van der Waals surface area (Å²) in [5.41, 5.74) is 2.09. The Morgan fingerprint density at radius 2 is 1.71 bits per heavy atom. The molecule has 0 saturated carbocycles. The molecule has 1 fully saturated rings. The van der Waals surface area contributed by atoms with Gasteiger partial charge in [-0.15, -0.1) is 5.10 Å². The van der Waals surface area contributed by atoms with Crippen molar-refractivity contribution in [1.82, 2.24) is 25.1 Å². The second-order valence-corrected chi connectivity index (χ2v) is 9.23. The number of hydrogen-bond acceptors (Lipinski definition) is 6. The first-order valence-corrected chi connectivity index (χ1v) is 10.9. The standard InChI is InChI=1S/C23H29ClN6O/c1-23(2,3)30-22(25-26-27-30)21(17-8-10-20(31-4)11-9-17)29-14-12-28(13-15-29)19-7-5-6-18(24)16-19/h5-11,16,21H,12-15H2,1-4H3/t21-/m0/s1. The van der Waals surface area contributed by atoms with E-state index in [0.29, 0.717) is 0 Å². The Balaban J connectivity index is 1.63. The predicted octanol–water partition coefficient (Wildman–Crippen LogP) is 4.00. The molecule has 0 unspecified atom stereocenters. The van der Waals surface area contributed by atoms with Crippen LogP contribution in [0.4, 0.5) is 5.69 Å². The molecule has 2 heterocycles. The van der Waals surface area contributed by atoms with Gasteiger partial charge in [0.05, 0.1) is 18.7 Å². The van der Waals surface area contributed by atoms with Crippen molar-refractivity contribution < 1.29 is 4.74 Å². The van der Waals surface area contributed by atoms with Gasteiger partial charge in [0.1, 0.15) is 5.75 Å². The summed E-state index contributed by atoms with van der Waals surface area (Å²) in [4.78, 5) is 4.83. The molecule has 0 radical (unpaired) electrons. The maximum atomic E-state index is 6.20. The molecular formula is C23H29ClN6O. The number of benzene rings is 2. The van der Waals surface area contributed by atoms with Gasteiger partial charge in [-0.2, -0.15) is 0 Å². The number of nitrogens with zero attached hydrogens (tertiary/aromatic N) is 6. The fraction of sp³-hybridized carbons (Fsp3) is 0.435. The lowest BCUT2D eigenvalue weighted by Gasteiger charge is -2.40. The Morgan fingerprint density at radius 1 is 1.00 bits per heavy atom. The summed E-state index contributed by atoms with van der Waals surface area (Å²) in [6.45, 7) is 9.95. The zero-order valence-corrected chi connectivity index (χ0v) is 19.3. The average Bonchev–Trinajstić information content (AvgIpc) is 3.25. The van der Waals surface area contributed by atoms with Crippen molar-refractivity contribution in [2.24, 2.45) is 0 Å². The van der Waals surface area contributed by atoms with Gasteiger partial charge in [0, 0.05) is 36.9 Å². The third-order valence-electron chi connectivity index (χ3n) is 5.66. The van der Waals surface area contributed by atoms with Crippen LogP contribution in [0.3, 0.4) is 0 Å². The maximum absolute atomic E-state index is 6.20. The van der Waals surface area contributed by atoms with Gasteiger partial charge in [0.15, 0.2) is 5.82 Å². The lowest BCUT2D eigenvalue weighted by Crippen LogP contribution is -2.48. The van der Waals surface area contributed by atoms with Crippen LogP contribution in [0.1, 0.15) is 38.2 Å². The van der Waals surface area contributed by atoms with Crippen LogP contribution in [-0.4, -0.2) is 58.4 Å². The summed E-state index contributed by atoms with van der Waals surface area (Å²) in [5.74, 6) is 1.69.